The van der Waals surface area contributed by atoms with Crippen LogP contribution in [0.3, 0.4) is 0 Å². The Hall–Kier alpha value is -1.64. The van der Waals surface area contributed by atoms with E-state index < -0.39 is 0 Å². The van der Waals surface area contributed by atoms with Gasteiger partial charge in [-0.05, 0) is 24.0 Å². The van der Waals surface area contributed by atoms with Crippen LogP contribution in [0.15, 0.2) is 60.7 Å². The molecule has 2 fully saturated rings. The van der Waals surface area contributed by atoms with Crippen molar-refractivity contribution in [3.63, 3.8) is 0 Å². The number of hydrogen-bond donors (Lipinski definition) is 2. The van der Waals surface area contributed by atoms with Crippen LogP contribution in [-0.2, 0) is 0 Å². The van der Waals surface area contributed by atoms with Crippen molar-refractivity contribution in [1.29, 1.82) is 0 Å². The Morgan fingerprint density at radius 2 is 0.900 bits per heavy atom. The Labute approximate surface area is 120 Å². The average Bonchev–Trinajstić information content (AvgIpc) is 3.40. The van der Waals surface area contributed by atoms with Gasteiger partial charge in [-0.15, -0.1) is 0 Å². The first kappa shape index (κ1) is 13.3. The molecule has 2 nitrogen and oxygen atoms in total. The van der Waals surface area contributed by atoms with E-state index in [1.54, 1.807) is 0 Å². The van der Waals surface area contributed by atoms with Gasteiger partial charge in [-0.25, -0.2) is 0 Å². The highest BCUT2D eigenvalue weighted by molar-refractivity contribution is 5.27. The molecule has 2 aliphatic rings. The van der Waals surface area contributed by atoms with Gasteiger partial charge in [-0.2, -0.15) is 0 Å². The van der Waals surface area contributed by atoms with Gasteiger partial charge in [-0.1, -0.05) is 60.7 Å². The molecule has 104 valence electrons. The molecule has 0 radical (unpaired) electrons. The largest absolute Gasteiger partial charge is 0.327 e. The maximum atomic E-state index is 5.70. The quantitative estimate of drug-likeness (QED) is 0.878. The number of benzene rings is 2. The Bertz CT molecular complexity index is 486. The molecule has 2 aromatic rings. The van der Waals surface area contributed by atoms with Crippen LogP contribution in [0, 0.1) is 0 Å². The van der Waals surface area contributed by atoms with Crippen molar-refractivity contribution >= 4 is 0 Å². The Morgan fingerprint density at radius 3 is 1.15 bits per heavy atom. The van der Waals surface area contributed by atoms with Gasteiger partial charge in [-0.3, -0.25) is 0 Å². The predicted octanol–water partition coefficient (Wildman–Crippen LogP) is 3.00. The highest BCUT2D eigenvalue weighted by Crippen LogP contribution is 2.39. The van der Waals surface area contributed by atoms with Crippen molar-refractivity contribution in [2.45, 2.75) is 36.8 Å². The fourth-order valence-electron chi connectivity index (χ4n) is 2.60. The van der Waals surface area contributed by atoms with Crippen LogP contribution < -0.4 is 11.5 Å². The molecule has 0 spiro atoms. The third-order valence-corrected chi connectivity index (χ3v) is 4.14. The molecule has 0 saturated heterocycles. The summed E-state index contributed by atoms with van der Waals surface area (Å²) in [4.78, 5) is 0. The zero-order valence-corrected chi connectivity index (χ0v) is 11.7. The van der Waals surface area contributed by atoms with Crippen LogP contribution in [0.2, 0.25) is 0 Å². The standard InChI is InChI=1S/2C9H11N/c2*10-9-6-8(9)7-4-2-1-3-5-7/h2*1-5,8-9H,6,10H2. The summed E-state index contributed by atoms with van der Waals surface area (Å²) in [6.45, 7) is 0. The van der Waals surface area contributed by atoms with Crippen LogP contribution in [-0.4, -0.2) is 12.1 Å². The van der Waals surface area contributed by atoms with Gasteiger partial charge in [0.2, 0.25) is 0 Å². The minimum Gasteiger partial charge on any atom is -0.327 e. The van der Waals surface area contributed by atoms with E-state index in [4.69, 9.17) is 11.5 Å². The minimum atomic E-state index is 0.433. The van der Waals surface area contributed by atoms with E-state index in [1.807, 2.05) is 12.1 Å². The Morgan fingerprint density at radius 1 is 0.600 bits per heavy atom. The predicted molar refractivity (Wildman–Crippen MR) is 83.6 cm³/mol. The normalized spacial score (nSPS) is 30.1. The van der Waals surface area contributed by atoms with Gasteiger partial charge in [0.1, 0.15) is 0 Å². The summed E-state index contributed by atoms with van der Waals surface area (Å²) >= 11 is 0. The first-order valence-electron chi connectivity index (χ1n) is 7.37. The summed E-state index contributed by atoms with van der Waals surface area (Å²) in [6.07, 6.45) is 2.34. The Balaban J connectivity index is 0.000000121. The molecule has 0 bridgehead atoms. The molecule has 0 aromatic heterocycles. The van der Waals surface area contributed by atoms with E-state index in [0.29, 0.717) is 23.9 Å². The lowest BCUT2D eigenvalue weighted by Gasteiger charge is -1.94. The fourth-order valence-corrected chi connectivity index (χ4v) is 2.60. The molecule has 4 rings (SSSR count). The van der Waals surface area contributed by atoms with Crippen molar-refractivity contribution in [2.75, 3.05) is 0 Å². The average molecular weight is 266 g/mol. The third-order valence-electron chi connectivity index (χ3n) is 4.14. The fraction of sp³-hybridized carbons (Fsp3) is 0.333. The first-order valence-corrected chi connectivity index (χ1v) is 7.37. The molecule has 2 saturated carbocycles. The van der Waals surface area contributed by atoms with Crippen molar-refractivity contribution in [3.8, 4) is 0 Å². The van der Waals surface area contributed by atoms with Crippen LogP contribution >= 0.6 is 0 Å². The summed E-state index contributed by atoms with van der Waals surface area (Å²) < 4.78 is 0. The maximum Gasteiger partial charge on any atom is 0.0115 e. The molecule has 0 heterocycles. The molecule has 2 aliphatic carbocycles. The molecule has 0 aliphatic heterocycles. The van der Waals surface area contributed by atoms with Crippen LogP contribution in [0.1, 0.15) is 35.8 Å². The topological polar surface area (TPSA) is 52.0 Å². The van der Waals surface area contributed by atoms with E-state index in [9.17, 15) is 0 Å². The van der Waals surface area contributed by atoms with Gasteiger partial charge >= 0.3 is 0 Å². The molecule has 2 aromatic carbocycles. The Kier molecular flexibility index (Phi) is 3.86. The molecular weight excluding hydrogens is 244 g/mol. The van der Waals surface area contributed by atoms with Gasteiger partial charge in [0, 0.05) is 23.9 Å². The zero-order valence-electron chi connectivity index (χ0n) is 11.7. The lowest BCUT2D eigenvalue weighted by molar-refractivity contribution is 0.990. The maximum absolute atomic E-state index is 5.70. The molecule has 4 unspecified atom stereocenters. The van der Waals surface area contributed by atoms with Crippen molar-refractivity contribution in [2.24, 2.45) is 11.5 Å². The van der Waals surface area contributed by atoms with E-state index in [1.165, 1.54) is 24.0 Å². The molecular formula is C18H22N2. The van der Waals surface area contributed by atoms with Crippen molar-refractivity contribution < 1.29 is 0 Å². The second-order valence-electron chi connectivity index (χ2n) is 5.83. The number of nitrogens with two attached hydrogens (primary N) is 2. The minimum absolute atomic E-state index is 0.433. The number of rotatable bonds is 2. The number of hydrogen-bond acceptors (Lipinski definition) is 2. The molecule has 4 N–H and O–H groups in total. The van der Waals surface area contributed by atoms with E-state index in [0.717, 1.165) is 0 Å². The van der Waals surface area contributed by atoms with E-state index >= 15 is 0 Å². The van der Waals surface area contributed by atoms with Gasteiger partial charge < -0.3 is 11.5 Å². The van der Waals surface area contributed by atoms with Crippen LogP contribution in [0.4, 0.5) is 0 Å². The van der Waals surface area contributed by atoms with Gasteiger partial charge in [0.15, 0.2) is 0 Å². The van der Waals surface area contributed by atoms with E-state index in [-0.39, 0.29) is 0 Å². The molecule has 0 amide bonds. The monoisotopic (exact) mass is 266 g/mol. The van der Waals surface area contributed by atoms with Crippen LogP contribution in [0.25, 0.3) is 0 Å². The lowest BCUT2D eigenvalue weighted by atomic mass is 10.1. The third kappa shape index (κ3) is 3.27. The van der Waals surface area contributed by atoms with E-state index in [2.05, 4.69) is 48.5 Å². The first-order chi connectivity index (χ1) is 9.75. The summed E-state index contributed by atoms with van der Waals surface area (Å²) in [5.74, 6) is 1.31. The summed E-state index contributed by atoms with van der Waals surface area (Å²) in [5, 5.41) is 0. The summed E-state index contributed by atoms with van der Waals surface area (Å²) in [6, 6.07) is 21.8. The van der Waals surface area contributed by atoms with Gasteiger partial charge in [0.25, 0.3) is 0 Å². The SMILES string of the molecule is NC1CC1c1ccccc1.NC1CC1c1ccccc1. The molecule has 20 heavy (non-hydrogen) atoms. The van der Waals surface area contributed by atoms with Crippen molar-refractivity contribution in [1.82, 2.24) is 0 Å². The highest BCUT2D eigenvalue weighted by atomic mass is 14.7. The molecule has 2 heteroatoms. The summed E-state index contributed by atoms with van der Waals surface area (Å²) in [5.41, 5.74) is 14.2. The summed E-state index contributed by atoms with van der Waals surface area (Å²) in [7, 11) is 0. The highest BCUT2D eigenvalue weighted by Gasteiger charge is 2.34. The smallest absolute Gasteiger partial charge is 0.0115 e. The van der Waals surface area contributed by atoms with Crippen molar-refractivity contribution in [3.05, 3.63) is 71.8 Å². The second kappa shape index (κ2) is 5.78. The van der Waals surface area contributed by atoms with Gasteiger partial charge in [0.05, 0.1) is 0 Å². The second-order valence-corrected chi connectivity index (χ2v) is 5.83. The lowest BCUT2D eigenvalue weighted by Crippen LogP contribution is -2.00. The zero-order chi connectivity index (χ0) is 13.9. The molecule has 4 atom stereocenters. The van der Waals surface area contributed by atoms with Crippen LogP contribution in [0.5, 0.6) is 0 Å².